The van der Waals surface area contributed by atoms with E-state index < -0.39 is 23.7 Å². The van der Waals surface area contributed by atoms with Crippen LogP contribution in [0.4, 0.5) is 5.13 Å². The Morgan fingerprint density at radius 1 is 1.06 bits per heavy atom. The molecule has 8 nitrogen and oxygen atoms in total. The number of benzene rings is 2. The maximum absolute atomic E-state index is 13.2. The number of hydrogen-bond acceptors (Lipinski definition) is 8. The Labute approximate surface area is 193 Å². The molecule has 33 heavy (non-hydrogen) atoms. The van der Waals surface area contributed by atoms with Gasteiger partial charge in [-0.25, -0.2) is 9.78 Å². The molecule has 1 fully saturated rings. The van der Waals surface area contributed by atoms with Crippen molar-refractivity contribution >= 4 is 39.9 Å². The largest absolute Gasteiger partial charge is 0.507 e. The van der Waals surface area contributed by atoms with Crippen LogP contribution in [-0.2, 0) is 14.3 Å². The first kappa shape index (κ1) is 22.2. The second-order valence-corrected chi connectivity index (χ2v) is 8.19. The Kier molecular flexibility index (Phi) is 5.97. The van der Waals surface area contributed by atoms with Crippen molar-refractivity contribution in [3.05, 3.63) is 81.9 Å². The summed E-state index contributed by atoms with van der Waals surface area (Å²) >= 11 is 0.949. The van der Waals surface area contributed by atoms with Gasteiger partial charge in [0.25, 0.3) is 5.78 Å². The Hall–Kier alpha value is -3.98. The summed E-state index contributed by atoms with van der Waals surface area (Å²) < 4.78 is 10.0. The van der Waals surface area contributed by atoms with Gasteiger partial charge in [0.05, 0.1) is 31.5 Å². The minimum Gasteiger partial charge on any atom is -0.507 e. The van der Waals surface area contributed by atoms with E-state index >= 15 is 0 Å². The summed E-state index contributed by atoms with van der Waals surface area (Å²) in [5.74, 6) is -1.98. The van der Waals surface area contributed by atoms with Gasteiger partial charge in [-0.2, -0.15) is 0 Å². The van der Waals surface area contributed by atoms with Crippen molar-refractivity contribution in [1.82, 2.24) is 4.98 Å². The number of anilines is 1. The van der Waals surface area contributed by atoms with Crippen molar-refractivity contribution in [2.24, 2.45) is 0 Å². The van der Waals surface area contributed by atoms with E-state index in [2.05, 4.69) is 4.98 Å². The van der Waals surface area contributed by atoms with E-state index in [0.29, 0.717) is 22.6 Å². The van der Waals surface area contributed by atoms with Gasteiger partial charge < -0.3 is 14.6 Å². The van der Waals surface area contributed by atoms with Crippen LogP contribution in [0, 0.1) is 6.92 Å². The lowest BCUT2D eigenvalue weighted by Crippen LogP contribution is -2.29. The normalized spacial score (nSPS) is 17.3. The summed E-state index contributed by atoms with van der Waals surface area (Å²) in [5.41, 5.74) is 1.28. The molecule has 1 aliphatic rings. The number of thiazole rings is 1. The number of hydrogen-bond donors (Lipinski definition) is 1. The van der Waals surface area contributed by atoms with Crippen LogP contribution in [0.1, 0.15) is 32.5 Å². The van der Waals surface area contributed by atoms with Crippen molar-refractivity contribution in [2.45, 2.75) is 13.0 Å². The van der Waals surface area contributed by atoms with Crippen LogP contribution < -0.4 is 9.64 Å². The number of rotatable bonds is 5. The van der Waals surface area contributed by atoms with Crippen molar-refractivity contribution in [3.63, 3.8) is 0 Å². The predicted octanol–water partition coefficient (Wildman–Crippen LogP) is 3.87. The quantitative estimate of drug-likeness (QED) is 0.264. The molecule has 168 valence electrons. The van der Waals surface area contributed by atoms with Gasteiger partial charge >= 0.3 is 11.9 Å². The highest BCUT2D eigenvalue weighted by Gasteiger charge is 2.48. The number of carbonyl (C=O) groups excluding carboxylic acids is 3. The number of aliphatic hydroxyl groups is 1. The Bertz CT molecular complexity index is 1260. The first-order chi connectivity index (χ1) is 15.9. The second-order valence-electron chi connectivity index (χ2n) is 7.21. The number of amides is 1. The molecule has 1 amide bonds. The standard InChI is InChI=1S/C24H20N2O6S/c1-13-21(23(30)32-3)33-24(25-13)26-18(14-9-11-16(31-2)12-10-14)17(20(28)22(26)29)19(27)15-7-5-4-6-8-15/h4-12,18,27H,1-3H3/t18-/m1/s1. The van der Waals surface area contributed by atoms with Gasteiger partial charge in [-0.05, 0) is 24.6 Å². The predicted molar refractivity (Wildman–Crippen MR) is 122 cm³/mol. The van der Waals surface area contributed by atoms with Crippen molar-refractivity contribution < 1.29 is 29.0 Å². The monoisotopic (exact) mass is 464 g/mol. The zero-order valence-corrected chi connectivity index (χ0v) is 18.9. The van der Waals surface area contributed by atoms with Gasteiger partial charge in [0, 0.05) is 5.56 Å². The summed E-state index contributed by atoms with van der Waals surface area (Å²) in [5, 5.41) is 11.2. The highest BCUT2D eigenvalue weighted by atomic mass is 32.1. The lowest BCUT2D eigenvalue weighted by Gasteiger charge is -2.23. The number of aromatic nitrogens is 1. The van der Waals surface area contributed by atoms with Gasteiger partial charge in [-0.15, -0.1) is 0 Å². The molecule has 3 aromatic rings. The highest BCUT2D eigenvalue weighted by Crippen LogP contribution is 2.44. The number of carbonyl (C=O) groups is 3. The molecule has 1 atom stereocenters. The van der Waals surface area contributed by atoms with E-state index in [1.807, 2.05) is 0 Å². The van der Waals surface area contributed by atoms with Crippen LogP contribution in [-0.4, -0.2) is 42.0 Å². The van der Waals surface area contributed by atoms with Crippen molar-refractivity contribution in [3.8, 4) is 5.75 Å². The van der Waals surface area contributed by atoms with Gasteiger partial charge in [-0.3, -0.25) is 14.5 Å². The third-order valence-electron chi connectivity index (χ3n) is 5.29. The first-order valence-corrected chi connectivity index (χ1v) is 10.7. The smallest absolute Gasteiger partial charge is 0.350 e. The number of aryl methyl sites for hydroxylation is 1. The van der Waals surface area contributed by atoms with Gasteiger partial charge in [0.1, 0.15) is 16.4 Å². The Morgan fingerprint density at radius 3 is 2.33 bits per heavy atom. The van der Waals surface area contributed by atoms with Crippen LogP contribution >= 0.6 is 11.3 Å². The number of methoxy groups -OCH3 is 2. The number of nitrogens with zero attached hydrogens (tertiary/aromatic N) is 2. The molecule has 0 saturated carbocycles. The maximum Gasteiger partial charge on any atom is 0.350 e. The number of aliphatic hydroxyl groups excluding tert-OH is 1. The second kappa shape index (κ2) is 8.87. The Balaban J connectivity index is 1.92. The third-order valence-corrected chi connectivity index (χ3v) is 6.42. The topological polar surface area (TPSA) is 106 Å². The molecule has 0 unspecified atom stereocenters. The summed E-state index contributed by atoms with van der Waals surface area (Å²) in [4.78, 5) is 44.2. The molecule has 1 saturated heterocycles. The zero-order valence-electron chi connectivity index (χ0n) is 18.1. The van der Waals surface area contributed by atoms with Crippen LogP contribution in [0.15, 0.2) is 60.2 Å². The average Bonchev–Trinajstić information content (AvgIpc) is 3.35. The van der Waals surface area contributed by atoms with E-state index in [0.717, 1.165) is 11.3 Å². The molecule has 9 heteroatoms. The van der Waals surface area contributed by atoms with Crippen LogP contribution in [0.5, 0.6) is 5.75 Å². The van der Waals surface area contributed by atoms with Crippen molar-refractivity contribution in [2.75, 3.05) is 19.1 Å². The van der Waals surface area contributed by atoms with E-state index in [1.165, 1.54) is 19.1 Å². The lowest BCUT2D eigenvalue weighted by molar-refractivity contribution is -0.132. The van der Waals surface area contributed by atoms with E-state index in [-0.39, 0.29) is 21.3 Å². The molecule has 0 radical (unpaired) electrons. The lowest BCUT2D eigenvalue weighted by atomic mass is 9.95. The summed E-state index contributed by atoms with van der Waals surface area (Å²) in [6, 6.07) is 14.4. The minimum absolute atomic E-state index is 0.0659. The maximum atomic E-state index is 13.2. The summed E-state index contributed by atoms with van der Waals surface area (Å²) in [6.45, 7) is 1.62. The number of ketones is 1. The molecular weight excluding hydrogens is 444 g/mol. The highest BCUT2D eigenvalue weighted by molar-refractivity contribution is 7.17. The van der Waals surface area contributed by atoms with E-state index in [9.17, 15) is 19.5 Å². The van der Waals surface area contributed by atoms with Crippen molar-refractivity contribution in [1.29, 1.82) is 0 Å². The minimum atomic E-state index is -0.952. The van der Waals surface area contributed by atoms with Gasteiger partial charge in [0.15, 0.2) is 5.13 Å². The molecule has 2 aromatic carbocycles. The fraction of sp³-hybridized carbons (Fsp3) is 0.167. The number of ether oxygens (including phenoxy) is 2. The molecule has 0 spiro atoms. The van der Waals surface area contributed by atoms with Crippen LogP contribution in [0.3, 0.4) is 0 Å². The third kappa shape index (κ3) is 3.87. The molecule has 1 aliphatic heterocycles. The molecular formula is C24H20N2O6S. The van der Waals surface area contributed by atoms with Gasteiger partial charge in [-0.1, -0.05) is 53.8 Å². The SMILES string of the molecule is COC(=O)c1sc(N2C(=O)C(=O)C(=C(O)c3ccccc3)[C@H]2c2ccc(OC)cc2)nc1C. The average molecular weight is 464 g/mol. The van der Waals surface area contributed by atoms with Crippen LogP contribution in [0.2, 0.25) is 0 Å². The molecule has 1 N–H and O–H groups in total. The summed E-state index contributed by atoms with van der Waals surface area (Å²) in [6.07, 6.45) is 0. The fourth-order valence-electron chi connectivity index (χ4n) is 3.65. The molecule has 1 aromatic heterocycles. The molecule has 4 rings (SSSR count). The molecule has 2 heterocycles. The molecule has 0 aliphatic carbocycles. The zero-order chi connectivity index (χ0) is 23.7. The fourth-order valence-corrected chi connectivity index (χ4v) is 4.66. The first-order valence-electron chi connectivity index (χ1n) is 9.93. The number of Topliss-reactive ketones (excluding diaryl/α,β-unsaturated/α-hetero) is 1. The Morgan fingerprint density at radius 2 is 1.73 bits per heavy atom. The molecule has 0 bridgehead atoms. The van der Waals surface area contributed by atoms with E-state index in [4.69, 9.17) is 9.47 Å². The van der Waals surface area contributed by atoms with E-state index in [1.54, 1.807) is 61.5 Å². The van der Waals surface area contributed by atoms with Gasteiger partial charge in [0.2, 0.25) is 0 Å². The summed E-state index contributed by atoms with van der Waals surface area (Å²) in [7, 11) is 2.79. The van der Waals surface area contributed by atoms with Crippen LogP contribution in [0.25, 0.3) is 5.76 Å². The number of esters is 1.